The zero-order chi connectivity index (χ0) is 22.6. The van der Waals surface area contributed by atoms with Crippen LogP contribution in [0.5, 0.6) is 11.5 Å². The molecule has 7 nitrogen and oxygen atoms in total. The second kappa shape index (κ2) is 8.96. The third kappa shape index (κ3) is 5.15. The predicted molar refractivity (Wildman–Crippen MR) is 110 cm³/mol. The summed E-state index contributed by atoms with van der Waals surface area (Å²) < 4.78 is 49.7. The summed E-state index contributed by atoms with van der Waals surface area (Å²) in [5, 5.41) is 5.35. The standard InChI is InChI=1S/C22H17F3N4O3/c23-22(24,25)15-4-3-6-16(11-15)28-21(27-12-17-5-1-2-9-26-17)29-20(30)14-7-8-18-19(10-14)32-13-31-18/h1-11H,12-13H2,(H2,27,28,29,30). The lowest BCUT2D eigenvalue weighted by Gasteiger charge is -2.14. The number of carbonyl (C=O) groups excluding carboxylic acids is 1. The van der Waals surface area contributed by atoms with Gasteiger partial charge in [-0.15, -0.1) is 0 Å². The average molecular weight is 442 g/mol. The number of guanidine groups is 1. The molecular weight excluding hydrogens is 425 g/mol. The molecule has 2 aromatic carbocycles. The lowest BCUT2D eigenvalue weighted by Crippen LogP contribution is -2.36. The van der Waals surface area contributed by atoms with Crippen molar-refractivity contribution in [1.82, 2.24) is 10.3 Å². The van der Waals surface area contributed by atoms with Crippen LogP contribution in [-0.2, 0) is 12.7 Å². The van der Waals surface area contributed by atoms with Crippen molar-refractivity contribution < 1.29 is 27.4 Å². The fraction of sp³-hybridized carbons (Fsp3) is 0.136. The Labute approximate surface area is 180 Å². The van der Waals surface area contributed by atoms with E-state index in [1.54, 1.807) is 36.5 Å². The van der Waals surface area contributed by atoms with E-state index in [-0.39, 0.29) is 30.5 Å². The van der Waals surface area contributed by atoms with Crippen molar-refractivity contribution in [2.75, 3.05) is 12.1 Å². The van der Waals surface area contributed by atoms with E-state index in [4.69, 9.17) is 9.47 Å². The summed E-state index contributed by atoms with van der Waals surface area (Å²) in [5.74, 6) is 0.392. The number of anilines is 1. The van der Waals surface area contributed by atoms with Crippen LogP contribution in [0.15, 0.2) is 71.9 Å². The number of ether oxygens (including phenoxy) is 2. The second-order valence-corrected chi connectivity index (χ2v) is 6.71. The van der Waals surface area contributed by atoms with Crippen LogP contribution >= 0.6 is 0 Å². The first-order valence-electron chi connectivity index (χ1n) is 9.48. The van der Waals surface area contributed by atoms with Crippen LogP contribution in [0.25, 0.3) is 0 Å². The number of carbonyl (C=O) groups is 1. The van der Waals surface area contributed by atoms with E-state index < -0.39 is 17.6 Å². The van der Waals surface area contributed by atoms with Crippen LogP contribution in [0.1, 0.15) is 21.6 Å². The fourth-order valence-corrected chi connectivity index (χ4v) is 2.89. The number of rotatable bonds is 4. The number of halogens is 3. The number of aromatic nitrogens is 1. The molecule has 0 spiro atoms. The van der Waals surface area contributed by atoms with E-state index in [0.717, 1.165) is 12.1 Å². The summed E-state index contributed by atoms with van der Waals surface area (Å²) in [5.41, 5.74) is 0.179. The molecule has 32 heavy (non-hydrogen) atoms. The van der Waals surface area contributed by atoms with Crippen molar-refractivity contribution in [3.63, 3.8) is 0 Å². The molecule has 0 radical (unpaired) electrons. The molecule has 4 rings (SSSR count). The maximum atomic E-state index is 13.1. The Kier molecular flexibility index (Phi) is 5.93. The molecule has 0 saturated heterocycles. The van der Waals surface area contributed by atoms with Gasteiger partial charge in [0.25, 0.3) is 5.91 Å². The van der Waals surface area contributed by atoms with Crippen molar-refractivity contribution in [2.24, 2.45) is 4.99 Å². The first-order valence-corrected chi connectivity index (χ1v) is 9.48. The summed E-state index contributed by atoms with van der Waals surface area (Å²) in [4.78, 5) is 21.2. The third-order valence-corrected chi connectivity index (χ3v) is 4.44. The normalized spacial score (nSPS) is 13.0. The quantitative estimate of drug-likeness (QED) is 0.467. The minimum absolute atomic E-state index is 0.0300. The highest BCUT2D eigenvalue weighted by atomic mass is 19.4. The first kappa shape index (κ1) is 21.2. The number of benzene rings is 2. The van der Waals surface area contributed by atoms with Crippen LogP contribution in [0, 0.1) is 0 Å². The van der Waals surface area contributed by atoms with Gasteiger partial charge in [0.05, 0.1) is 17.8 Å². The number of nitrogens with one attached hydrogen (secondary N) is 2. The smallest absolute Gasteiger partial charge is 0.416 e. The van der Waals surface area contributed by atoms with Gasteiger partial charge in [0, 0.05) is 17.4 Å². The van der Waals surface area contributed by atoms with Crippen LogP contribution in [0.3, 0.4) is 0 Å². The highest BCUT2D eigenvalue weighted by molar-refractivity contribution is 6.10. The second-order valence-electron chi connectivity index (χ2n) is 6.71. The Hall–Kier alpha value is -4.08. The van der Waals surface area contributed by atoms with Crippen molar-refractivity contribution in [1.29, 1.82) is 0 Å². The Morgan fingerprint density at radius 2 is 1.88 bits per heavy atom. The van der Waals surface area contributed by atoms with Gasteiger partial charge < -0.3 is 14.8 Å². The molecule has 164 valence electrons. The molecule has 0 bridgehead atoms. The maximum absolute atomic E-state index is 13.1. The predicted octanol–water partition coefficient (Wildman–Crippen LogP) is 4.23. The molecule has 0 unspecified atom stereocenters. The summed E-state index contributed by atoms with van der Waals surface area (Å²) in [7, 11) is 0. The van der Waals surface area contributed by atoms with Gasteiger partial charge in [-0.1, -0.05) is 12.1 Å². The maximum Gasteiger partial charge on any atom is 0.416 e. The molecule has 0 atom stereocenters. The van der Waals surface area contributed by atoms with Crippen molar-refractivity contribution in [3.8, 4) is 11.5 Å². The van der Waals surface area contributed by atoms with E-state index in [0.29, 0.717) is 17.2 Å². The van der Waals surface area contributed by atoms with Gasteiger partial charge in [-0.05, 0) is 48.5 Å². The van der Waals surface area contributed by atoms with Gasteiger partial charge in [0.2, 0.25) is 12.8 Å². The van der Waals surface area contributed by atoms with Crippen LogP contribution < -0.4 is 20.1 Å². The molecule has 0 saturated carbocycles. The summed E-state index contributed by atoms with van der Waals surface area (Å²) in [6.45, 7) is 0.165. The lowest BCUT2D eigenvalue weighted by atomic mass is 10.2. The van der Waals surface area contributed by atoms with Gasteiger partial charge in [0.1, 0.15) is 0 Å². The third-order valence-electron chi connectivity index (χ3n) is 4.44. The molecular formula is C22H17F3N4O3. The number of amides is 1. The molecule has 1 amide bonds. The number of hydrogen-bond acceptors (Lipinski definition) is 5. The average Bonchev–Trinajstić information content (AvgIpc) is 3.26. The summed E-state index contributed by atoms with van der Waals surface area (Å²) >= 11 is 0. The van der Waals surface area contributed by atoms with Gasteiger partial charge >= 0.3 is 6.18 Å². The van der Waals surface area contributed by atoms with Crippen LogP contribution in [0.2, 0.25) is 0 Å². The van der Waals surface area contributed by atoms with Crippen molar-refractivity contribution in [2.45, 2.75) is 12.7 Å². The summed E-state index contributed by atoms with van der Waals surface area (Å²) in [6, 6.07) is 14.5. The van der Waals surface area contributed by atoms with E-state index in [1.165, 1.54) is 18.2 Å². The Bertz CT molecular complexity index is 1150. The van der Waals surface area contributed by atoms with E-state index in [1.807, 2.05) is 0 Å². The zero-order valence-electron chi connectivity index (χ0n) is 16.5. The van der Waals surface area contributed by atoms with Gasteiger partial charge in [0.15, 0.2) is 11.5 Å². The minimum Gasteiger partial charge on any atom is -0.454 e. The molecule has 2 N–H and O–H groups in total. The van der Waals surface area contributed by atoms with Crippen LogP contribution in [-0.4, -0.2) is 23.6 Å². The largest absolute Gasteiger partial charge is 0.454 e. The van der Waals surface area contributed by atoms with E-state index in [2.05, 4.69) is 20.6 Å². The topological polar surface area (TPSA) is 84.8 Å². The molecule has 1 aromatic heterocycles. The lowest BCUT2D eigenvalue weighted by molar-refractivity contribution is -0.137. The molecule has 3 aromatic rings. The molecule has 0 fully saturated rings. The SMILES string of the molecule is O=C(NC(=NCc1ccccn1)Nc1cccc(C(F)(F)F)c1)c1ccc2c(c1)OCO2. The van der Waals surface area contributed by atoms with Gasteiger partial charge in [-0.25, -0.2) is 4.99 Å². The number of aliphatic imine (C=N–C) groups is 1. The number of nitrogens with zero attached hydrogens (tertiary/aromatic N) is 2. The molecule has 10 heteroatoms. The van der Waals surface area contributed by atoms with Gasteiger partial charge in [-0.3, -0.25) is 15.1 Å². The van der Waals surface area contributed by atoms with Gasteiger partial charge in [-0.2, -0.15) is 13.2 Å². The fourth-order valence-electron chi connectivity index (χ4n) is 2.89. The Morgan fingerprint density at radius 1 is 1.03 bits per heavy atom. The number of hydrogen-bond donors (Lipinski definition) is 2. The number of alkyl halides is 3. The molecule has 1 aliphatic rings. The number of pyridine rings is 1. The monoisotopic (exact) mass is 442 g/mol. The summed E-state index contributed by atoms with van der Waals surface area (Å²) in [6.07, 6.45) is -2.91. The Morgan fingerprint density at radius 3 is 2.66 bits per heavy atom. The van der Waals surface area contributed by atoms with Crippen LogP contribution in [0.4, 0.5) is 18.9 Å². The minimum atomic E-state index is -4.50. The Balaban J connectivity index is 1.57. The highest BCUT2D eigenvalue weighted by Crippen LogP contribution is 2.32. The zero-order valence-corrected chi connectivity index (χ0v) is 16.5. The van der Waals surface area contributed by atoms with Crippen molar-refractivity contribution in [3.05, 3.63) is 83.7 Å². The highest BCUT2D eigenvalue weighted by Gasteiger charge is 2.30. The molecule has 1 aliphatic heterocycles. The van der Waals surface area contributed by atoms with Crippen molar-refractivity contribution >= 4 is 17.6 Å². The van der Waals surface area contributed by atoms with E-state index in [9.17, 15) is 18.0 Å². The number of fused-ring (bicyclic) bond motifs is 1. The molecule has 2 heterocycles. The van der Waals surface area contributed by atoms with E-state index >= 15 is 0 Å². The first-order chi connectivity index (χ1) is 15.4. The molecule has 0 aliphatic carbocycles.